The molecule has 0 aromatic carbocycles. The van der Waals surface area contributed by atoms with Crippen molar-refractivity contribution in [2.45, 2.75) is 111 Å². The second-order valence-corrected chi connectivity index (χ2v) is 11.2. The third-order valence-corrected chi connectivity index (χ3v) is 8.18. The Kier molecular flexibility index (Phi) is 5.91. The van der Waals surface area contributed by atoms with E-state index in [1.807, 2.05) is 27.7 Å². The predicted molar refractivity (Wildman–Crippen MR) is 110 cm³/mol. The highest BCUT2D eigenvalue weighted by Crippen LogP contribution is 2.64. The van der Waals surface area contributed by atoms with E-state index in [4.69, 9.17) is 9.47 Å². The van der Waals surface area contributed by atoms with E-state index < -0.39 is 11.0 Å². The highest BCUT2D eigenvalue weighted by Gasteiger charge is 2.58. The summed E-state index contributed by atoms with van der Waals surface area (Å²) in [7, 11) is 0. The molecule has 160 valence electrons. The van der Waals surface area contributed by atoms with Crippen LogP contribution in [0.15, 0.2) is 0 Å². The summed E-state index contributed by atoms with van der Waals surface area (Å²) in [6.07, 6.45) is 9.12. The fraction of sp³-hybridized carbons (Fsp3) is 0.917. The van der Waals surface area contributed by atoms with Crippen molar-refractivity contribution < 1.29 is 19.1 Å². The zero-order valence-corrected chi connectivity index (χ0v) is 18.8. The van der Waals surface area contributed by atoms with Crippen LogP contribution in [0, 0.1) is 28.6 Å². The maximum Gasteiger partial charge on any atom is 0.311 e. The van der Waals surface area contributed by atoms with Crippen LogP contribution in [0.2, 0.25) is 0 Å². The predicted octanol–water partition coefficient (Wildman–Crippen LogP) is 5.67. The Labute approximate surface area is 171 Å². The fourth-order valence-corrected chi connectivity index (χ4v) is 6.16. The third kappa shape index (κ3) is 4.26. The Morgan fingerprint density at radius 2 is 1.50 bits per heavy atom. The molecule has 0 aromatic heterocycles. The monoisotopic (exact) mass is 392 g/mol. The summed E-state index contributed by atoms with van der Waals surface area (Å²) in [5.74, 6) is 2.17. The van der Waals surface area contributed by atoms with Gasteiger partial charge < -0.3 is 9.47 Å². The lowest BCUT2D eigenvalue weighted by molar-refractivity contribution is -0.199. The van der Waals surface area contributed by atoms with Crippen molar-refractivity contribution in [3.63, 3.8) is 0 Å². The molecule has 4 aliphatic rings. The molecule has 28 heavy (non-hydrogen) atoms. The third-order valence-electron chi connectivity index (χ3n) is 8.18. The number of esters is 2. The van der Waals surface area contributed by atoms with Crippen molar-refractivity contribution in [1.29, 1.82) is 0 Å². The van der Waals surface area contributed by atoms with Gasteiger partial charge in [-0.05, 0) is 104 Å². The molecule has 0 aliphatic heterocycles. The molecule has 4 bridgehead atoms. The number of hydrogen-bond acceptors (Lipinski definition) is 4. The minimum absolute atomic E-state index is 0.154. The fourth-order valence-electron chi connectivity index (χ4n) is 6.16. The topological polar surface area (TPSA) is 52.6 Å². The van der Waals surface area contributed by atoms with E-state index in [9.17, 15) is 9.59 Å². The molecule has 4 nitrogen and oxygen atoms in total. The van der Waals surface area contributed by atoms with Gasteiger partial charge in [0, 0.05) is 11.8 Å². The molecule has 4 fully saturated rings. The quantitative estimate of drug-likeness (QED) is 0.499. The van der Waals surface area contributed by atoms with Gasteiger partial charge in [0.25, 0.3) is 0 Å². The van der Waals surface area contributed by atoms with E-state index in [2.05, 4.69) is 13.8 Å². The first-order valence-electron chi connectivity index (χ1n) is 11.4. The molecule has 0 saturated heterocycles. The number of ether oxygens (including phenoxy) is 2. The number of carbonyl (C=O) groups is 2. The number of carbonyl (C=O) groups excluding carboxylic acids is 2. The van der Waals surface area contributed by atoms with Crippen LogP contribution in [0.25, 0.3) is 0 Å². The van der Waals surface area contributed by atoms with E-state index in [-0.39, 0.29) is 23.5 Å². The summed E-state index contributed by atoms with van der Waals surface area (Å²) in [5, 5.41) is 0. The Morgan fingerprint density at radius 1 is 1.00 bits per heavy atom. The normalized spacial score (nSPS) is 32.9. The molecule has 4 saturated carbocycles. The largest absolute Gasteiger partial charge is 0.462 e. The van der Waals surface area contributed by atoms with Gasteiger partial charge >= 0.3 is 11.9 Å². The summed E-state index contributed by atoms with van der Waals surface area (Å²) in [5.41, 5.74) is -0.722. The summed E-state index contributed by atoms with van der Waals surface area (Å²) in [6, 6.07) is 0. The second kappa shape index (κ2) is 7.65. The molecule has 4 rings (SSSR count). The van der Waals surface area contributed by atoms with Crippen LogP contribution in [0.5, 0.6) is 0 Å². The molecule has 0 N–H and O–H groups in total. The van der Waals surface area contributed by atoms with E-state index in [1.54, 1.807) is 0 Å². The van der Waals surface area contributed by atoms with Crippen LogP contribution in [0.1, 0.15) is 99.3 Å². The van der Waals surface area contributed by atoms with Crippen molar-refractivity contribution in [3.05, 3.63) is 0 Å². The average Bonchev–Trinajstić information content (AvgIpc) is 2.58. The standard InChI is InChI=1S/C24H40O4/c1-7-22(3,4)21(26)27-16(2)8-9-20(25)28-23(5,6)24-13-17-10-18(14-24)12-19(11-17)15-24/h16-19H,7-15H2,1-6H3. The molecule has 0 spiro atoms. The molecule has 1 unspecified atom stereocenters. The Hall–Kier alpha value is -1.06. The zero-order valence-electron chi connectivity index (χ0n) is 18.8. The molecule has 0 aromatic rings. The van der Waals surface area contributed by atoms with E-state index in [0.717, 1.165) is 24.2 Å². The molecule has 0 amide bonds. The van der Waals surface area contributed by atoms with Crippen LogP contribution in [0.4, 0.5) is 0 Å². The van der Waals surface area contributed by atoms with Gasteiger partial charge in [-0.15, -0.1) is 0 Å². The van der Waals surface area contributed by atoms with Gasteiger partial charge in [0.2, 0.25) is 0 Å². The van der Waals surface area contributed by atoms with E-state index >= 15 is 0 Å². The van der Waals surface area contributed by atoms with Crippen LogP contribution in [-0.2, 0) is 19.1 Å². The lowest BCUT2D eigenvalue weighted by Gasteiger charge is -2.61. The van der Waals surface area contributed by atoms with Crippen LogP contribution >= 0.6 is 0 Å². The van der Waals surface area contributed by atoms with Crippen molar-refractivity contribution in [3.8, 4) is 0 Å². The van der Waals surface area contributed by atoms with E-state index in [0.29, 0.717) is 12.8 Å². The van der Waals surface area contributed by atoms with Crippen LogP contribution in [-0.4, -0.2) is 23.6 Å². The van der Waals surface area contributed by atoms with Crippen LogP contribution in [0.3, 0.4) is 0 Å². The highest BCUT2D eigenvalue weighted by molar-refractivity contribution is 5.76. The summed E-state index contributed by atoms with van der Waals surface area (Å²) in [6.45, 7) is 11.9. The van der Waals surface area contributed by atoms with Crippen molar-refractivity contribution in [1.82, 2.24) is 0 Å². The van der Waals surface area contributed by atoms with Gasteiger partial charge in [0.05, 0.1) is 11.5 Å². The lowest BCUT2D eigenvalue weighted by Crippen LogP contribution is -2.57. The van der Waals surface area contributed by atoms with Gasteiger partial charge in [0.1, 0.15) is 5.60 Å². The second-order valence-electron chi connectivity index (χ2n) is 11.2. The first-order valence-corrected chi connectivity index (χ1v) is 11.4. The van der Waals surface area contributed by atoms with Gasteiger partial charge in [-0.2, -0.15) is 0 Å². The minimum atomic E-state index is -0.477. The number of hydrogen-bond donors (Lipinski definition) is 0. The molecule has 0 heterocycles. The van der Waals surface area contributed by atoms with E-state index in [1.165, 1.54) is 38.5 Å². The molecule has 0 radical (unpaired) electrons. The molecular weight excluding hydrogens is 352 g/mol. The molecule has 4 aliphatic carbocycles. The molecule has 1 atom stereocenters. The van der Waals surface area contributed by atoms with Crippen molar-refractivity contribution >= 4 is 11.9 Å². The molecule has 4 heteroatoms. The smallest absolute Gasteiger partial charge is 0.311 e. The van der Waals surface area contributed by atoms with Gasteiger partial charge in [0.15, 0.2) is 0 Å². The Balaban J connectivity index is 1.51. The lowest BCUT2D eigenvalue weighted by atomic mass is 9.46. The zero-order chi connectivity index (χ0) is 20.7. The van der Waals surface area contributed by atoms with Crippen LogP contribution < -0.4 is 0 Å². The van der Waals surface area contributed by atoms with Gasteiger partial charge in [-0.25, -0.2) is 0 Å². The summed E-state index contributed by atoms with van der Waals surface area (Å²) >= 11 is 0. The minimum Gasteiger partial charge on any atom is -0.462 e. The maximum atomic E-state index is 12.6. The Bertz CT molecular complexity index is 568. The Morgan fingerprint density at radius 3 is 1.96 bits per heavy atom. The summed E-state index contributed by atoms with van der Waals surface area (Å²) in [4.78, 5) is 24.8. The molecular formula is C24H40O4. The average molecular weight is 393 g/mol. The van der Waals surface area contributed by atoms with Gasteiger partial charge in [-0.3, -0.25) is 9.59 Å². The maximum absolute atomic E-state index is 12.6. The van der Waals surface area contributed by atoms with Crippen molar-refractivity contribution in [2.75, 3.05) is 0 Å². The first kappa shape index (κ1) is 21.6. The number of rotatable bonds is 8. The highest BCUT2D eigenvalue weighted by atomic mass is 16.6. The van der Waals surface area contributed by atoms with Gasteiger partial charge in [-0.1, -0.05) is 6.92 Å². The van der Waals surface area contributed by atoms with Crippen molar-refractivity contribution in [2.24, 2.45) is 28.6 Å². The first-order chi connectivity index (χ1) is 13.0. The SMILES string of the molecule is CCC(C)(C)C(=O)OC(C)CCC(=O)OC(C)(C)C12CC3CC(CC(C3)C1)C2. The summed E-state index contributed by atoms with van der Waals surface area (Å²) < 4.78 is 11.6.